The van der Waals surface area contributed by atoms with E-state index in [2.05, 4.69) is 5.32 Å². The van der Waals surface area contributed by atoms with Crippen LogP contribution in [0.2, 0.25) is 0 Å². The molecule has 0 aliphatic carbocycles. The van der Waals surface area contributed by atoms with Gasteiger partial charge < -0.3 is 25.0 Å². The smallest absolute Gasteiger partial charge is 0.311 e. The summed E-state index contributed by atoms with van der Waals surface area (Å²) in [6.45, 7) is 3.94. The van der Waals surface area contributed by atoms with Gasteiger partial charge in [-0.05, 0) is 49.6 Å². The van der Waals surface area contributed by atoms with Crippen molar-refractivity contribution in [3.05, 3.63) is 63.7 Å². The van der Waals surface area contributed by atoms with Crippen molar-refractivity contribution >= 4 is 18.1 Å². The molecule has 0 aromatic heterocycles. The van der Waals surface area contributed by atoms with E-state index < -0.39 is 11.0 Å². The second-order valence-electron chi connectivity index (χ2n) is 7.47. The molecule has 0 unspecified atom stereocenters. The summed E-state index contributed by atoms with van der Waals surface area (Å²) >= 11 is 0. The van der Waals surface area contributed by atoms with Gasteiger partial charge in [-0.2, -0.15) is 0 Å². The summed E-state index contributed by atoms with van der Waals surface area (Å²) in [7, 11) is 1.62. The van der Waals surface area contributed by atoms with Crippen molar-refractivity contribution in [3.8, 4) is 11.5 Å². The number of benzene rings is 2. The number of β-amino-alcohol motifs (C(OH)–C–C–N with tert-alkyl or cyclic N) is 1. The molecule has 1 atom stereocenters. The van der Waals surface area contributed by atoms with Gasteiger partial charge in [-0.3, -0.25) is 10.1 Å². The van der Waals surface area contributed by atoms with E-state index in [9.17, 15) is 15.2 Å². The van der Waals surface area contributed by atoms with Gasteiger partial charge in [0, 0.05) is 18.2 Å². The van der Waals surface area contributed by atoms with Crippen LogP contribution in [0.4, 0.5) is 5.69 Å². The third-order valence-corrected chi connectivity index (χ3v) is 4.46. The third-order valence-electron chi connectivity index (χ3n) is 4.46. The number of nitrogens with one attached hydrogen (secondary N) is 1. The quantitative estimate of drug-likeness (QED) is 0.363. The Kier molecular flexibility index (Phi) is 10.0. The maximum Gasteiger partial charge on any atom is 0.311 e. The molecule has 0 radical (unpaired) electrons. The van der Waals surface area contributed by atoms with Crippen LogP contribution in [0.15, 0.2) is 42.5 Å². The molecule has 0 amide bonds. The van der Waals surface area contributed by atoms with Crippen molar-refractivity contribution in [1.82, 2.24) is 5.32 Å². The Morgan fingerprint density at radius 3 is 2.37 bits per heavy atom. The standard InChI is InChI=1S/C21H28N2O6.ClH/c1-21(2,11-15-4-7-18(28-3)8-5-15)22-12-17(25)14-29-20-9-6-16(13-24)10-19(20)23(26)27;/h4-10,17,22,24-25H,11-14H2,1-3H3;1H/t17-;/m1./s1. The summed E-state index contributed by atoms with van der Waals surface area (Å²) in [5, 5.41) is 33.8. The lowest BCUT2D eigenvalue weighted by molar-refractivity contribution is -0.386. The number of halogens is 1. The fourth-order valence-corrected chi connectivity index (χ4v) is 2.88. The van der Waals surface area contributed by atoms with Crippen molar-refractivity contribution in [3.63, 3.8) is 0 Å². The average Bonchev–Trinajstić information content (AvgIpc) is 2.71. The summed E-state index contributed by atoms with van der Waals surface area (Å²) in [4.78, 5) is 10.6. The van der Waals surface area contributed by atoms with Crippen molar-refractivity contribution in [1.29, 1.82) is 0 Å². The second kappa shape index (κ2) is 11.7. The Labute approximate surface area is 182 Å². The molecule has 8 nitrogen and oxygen atoms in total. The van der Waals surface area contributed by atoms with Crippen LogP contribution < -0.4 is 14.8 Å². The van der Waals surface area contributed by atoms with Gasteiger partial charge in [0.1, 0.15) is 18.5 Å². The molecule has 0 aliphatic rings. The van der Waals surface area contributed by atoms with Crippen LogP contribution in [-0.4, -0.2) is 47.0 Å². The highest BCUT2D eigenvalue weighted by Gasteiger charge is 2.21. The van der Waals surface area contributed by atoms with Gasteiger partial charge in [0.05, 0.1) is 18.6 Å². The number of ether oxygens (including phenoxy) is 2. The van der Waals surface area contributed by atoms with Gasteiger partial charge in [-0.25, -0.2) is 0 Å². The average molecular weight is 441 g/mol. The second-order valence-corrected chi connectivity index (χ2v) is 7.47. The first-order valence-electron chi connectivity index (χ1n) is 9.31. The van der Waals surface area contributed by atoms with Crippen molar-refractivity contribution in [2.75, 3.05) is 20.3 Å². The van der Waals surface area contributed by atoms with Crippen LogP contribution in [0.1, 0.15) is 25.0 Å². The van der Waals surface area contributed by atoms with E-state index >= 15 is 0 Å². The lowest BCUT2D eigenvalue weighted by atomic mass is 9.94. The van der Waals surface area contributed by atoms with Gasteiger partial charge in [-0.15, -0.1) is 12.4 Å². The van der Waals surface area contributed by atoms with E-state index in [-0.39, 0.29) is 49.1 Å². The van der Waals surface area contributed by atoms with Crippen LogP contribution in [0, 0.1) is 10.1 Å². The Bertz CT molecular complexity index is 814. The highest BCUT2D eigenvalue weighted by atomic mass is 35.5. The molecule has 0 aliphatic heterocycles. The van der Waals surface area contributed by atoms with E-state index in [0.29, 0.717) is 5.56 Å². The maximum absolute atomic E-state index is 11.2. The number of nitrogens with zero attached hydrogens (tertiary/aromatic N) is 1. The van der Waals surface area contributed by atoms with Crippen molar-refractivity contribution in [2.24, 2.45) is 0 Å². The molecule has 0 saturated heterocycles. The minimum absolute atomic E-state index is 0. The molecule has 0 spiro atoms. The molecule has 2 aromatic rings. The lowest BCUT2D eigenvalue weighted by Crippen LogP contribution is -2.46. The molecule has 9 heteroatoms. The van der Waals surface area contributed by atoms with Gasteiger partial charge >= 0.3 is 5.69 Å². The van der Waals surface area contributed by atoms with Gasteiger partial charge in [0.15, 0.2) is 5.75 Å². The normalized spacial score (nSPS) is 12.0. The molecule has 2 aromatic carbocycles. The number of hydrogen-bond donors (Lipinski definition) is 3. The molecule has 30 heavy (non-hydrogen) atoms. The monoisotopic (exact) mass is 440 g/mol. The molecule has 0 heterocycles. The van der Waals surface area contributed by atoms with E-state index in [0.717, 1.165) is 17.7 Å². The summed E-state index contributed by atoms with van der Waals surface area (Å²) in [6, 6.07) is 12.0. The van der Waals surface area contributed by atoms with Crippen LogP contribution in [0.5, 0.6) is 11.5 Å². The molecule has 0 bridgehead atoms. The molecule has 166 valence electrons. The zero-order valence-electron chi connectivity index (χ0n) is 17.3. The number of methoxy groups -OCH3 is 1. The van der Waals surface area contributed by atoms with Crippen molar-refractivity contribution in [2.45, 2.75) is 38.5 Å². The van der Waals surface area contributed by atoms with E-state index in [1.54, 1.807) is 13.2 Å². The lowest BCUT2D eigenvalue weighted by Gasteiger charge is -2.28. The van der Waals surface area contributed by atoms with E-state index in [1.807, 2.05) is 38.1 Å². The molecular weight excluding hydrogens is 412 g/mol. The Morgan fingerprint density at radius 2 is 1.80 bits per heavy atom. The van der Waals surface area contributed by atoms with Gasteiger partial charge in [0.2, 0.25) is 0 Å². The number of hydrogen-bond acceptors (Lipinski definition) is 7. The number of rotatable bonds is 11. The summed E-state index contributed by atoms with van der Waals surface area (Å²) < 4.78 is 10.6. The van der Waals surface area contributed by atoms with Crippen molar-refractivity contribution < 1.29 is 24.6 Å². The van der Waals surface area contributed by atoms with E-state index in [4.69, 9.17) is 14.6 Å². The van der Waals surface area contributed by atoms with Crippen LogP contribution >= 0.6 is 12.4 Å². The topological polar surface area (TPSA) is 114 Å². The summed E-state index contributed by atoms with van der Waals surface area (Å²) in [5.41, 5.74) is 1.04. The predicted molar refractivity (Wildman–Crippen MR) is 117 cm³/mol. The Hall–Kier alpha value is -2.39. The minimum atomic E-state index is -0.845. The minimum Gasteiger partial charge on any atom is -0.497 e. The Morgan fingerprint density at radius 1 is 1.17 bits per heavy atom. The summed E-state index contributed by atoms with van der Waals surface area (Å²) in [5.74, 6) is 0.858. The van der Waals surface area contributed by atoms with E-state index in [1.165, 1.54) is 12.1 Å². The van der Waals surface area contributed by atoms with Crippen LogP contribution in [0.3, 0.4) is 0 Å². The van der Waals surface area contributed by atoms with Gasteiger partial charge in [0.25, 0.3) is 0 Å². The highest BCUT2D eigenvalue weighted by Crippen LogP contribution is 2.28. The summed E-state index contributed by atoms with van der Waals surface area (Å²) in [6.07, 6.45) is -0.0964. The first-order valence-corrected chi connectivity index (χ1v) is 9.31. The molecule has 3 N–H and O–H groups in total. The number of aliphatic hydroxyl groups excluding tert-OH is 2. The van der Waals surface area contributed by atoms with Crippen LogP contribution in [0.25, 0.3) is 0 Å². The molecule has 0 saturated carbocycles. The molecule has 0 fully saturated rings. The predicted octanol–water partition coefficient (Wildman–Crippen LogP) is 2.87. The maximum atomic E-state index is 11.2. The number of aliphatic hydroxyl groups is 2. The van der Waals surface area contributed by atoms with Gasteiger partial charge in [-0.1, -0.05) is 18.2 Å². The highest BCUT2D eigenvalue weighted by molar-refractivity contribution is 5.85. The zero-order valence-corrected chi connectivity index (χ0v) is 18.1. The zero-order chi connectivity index (χ0) is 21.4. The fourth-order valence-electron chi connectivity index (χ4n) is 2.88. The number of nitro groups is 1. The third kappa shape index (κ3) is 7.79. The fraction of sp³-hybridized carbons (Fsp3) is 0.429. The first-order chi connectivity index (χ1) is 13.7. The number of nitro benzene ring substituents is 1. The first kappa shape index (κ1) is 25.6. The van der Waals surface area contributed by atoms with Crippen LogP contribution in [-0.2, 0) is 13.0 Å². The Balaban J connectivity index is 0.00000450. The molecule has 2 rings (SSSR count). The SMILES string of the molecule is COc1ccc(CC(C)(C)NC[C@@H](O)COc2ccc(CO)cc2[N+](=O)[O-])cc1.Cl. The largest absolute Gasteiger partial charge is 0.497 e. The molecular formula is C21H29ClN2O6.